The fraction of sp³-hybridized carbons (Fsp3) is 0.571. The number of H-pyrrole nitrogens is 1. The van der Waals surface area contributed by atoms with Crippen molar-refractivity contribution in [2.45, 2.75) is 56.7 Å². The Balaban J connectivity index is 0.00000225. The molecule has 2 unspecified atom stereocenters. The number of halogens is 2. The van der Waals surface area contributed by atoms with E-state index in [4.69, 9.17) is 11.6 Å². The number of hydrogen-bond acceptors (Lipinski definition) is 2. The lowest BCUT2D eigenvalue weighted by Gasteiger charge is -2.47. The van der Waals surface area contributed by atoms with Crippen LogP contribution in [0.5, 0.6) is 0 Å². The van der Waals surface area contributed by atoms with Gasteiger partial charge in [-0.2, -0.15) is 0 Å². The van der Waals surface area contributed by atoms with Gasteiger partial charge in [0.2, 0.25) is 0 Å². The van der Waals surface area contributed by atoms with Crippen LogP contribution in [0, 0.1) is 0 Å². The number of aromatic amines is 1. The zero-order chi connectivity index (χ0) is 18.8. The molecule has 0 aliphatic carbocycles. The fourth-order valence-corrected chi connectivity index (χ4v) is 4.97. The Morgan fingerprint density at radius 1 is 1.29 bits per heavy atom. The average Bonchev–Trinajstić information content (AvgIpc) is 3.04. The minimum atomic E-state index is 0. The predicted octanol–water partition coefficient (Wildman–Crippen LogP) is 4.16. The molecule has 0 amide bonds. The van der Waals surface area contributed by atoms with Crippen LogP contribution in [-0.2, 0) is 6.42 Å². The van der Waals surface area contributed by atoms with Gasteiger partial charge in [-0.05, 0) is 62.9 Å². The van der Waals surface area contributed by atoms with Crippen LogP contribution < -0.4 is 10.6 Å². The van der Waals surface area contributed by atoms with Crippen molar-refractivity contribution in [1.82, 2.24) is 20.5 Å². The van der Waals surface area contributed by atoms with E-state index in [1.807, 2.05) is 25.2 Å². The smallest absolute Gasteiger partial charge is 0.191 e. The van der Waals surface area contributed by atoms with Gasteiger partial charge in [0, 0.05) is 53.8 Å². The van der Waals surface area contributed by atoms with Gasteiger partial charge in [0.25, 0.3) is 0 Å². The van der Waals surface area contributed by atoms with E-state index in [0.29, 0.717) is 6.04 Å². The Bertz CT molecular complexity index is 806. The van der Waals surface area contributed by atoms with Crippen molar-refractivity contribution in [3.05, 3.63) is 35.0 Å². The zero-order valence-electron chi connectivity index (χ0n) is 16.7. The molecule has 3 N–H and O–H groups in total. The van der Waals surface area contributed by atoms with Crippen LogP contribution in [0.4, 0.5) is 0 Å². The van der Waals surface area contributed by atoms with Gasteiger partial charge in [-0.15, -0.1) is 24.0 Å². The number of aliphatic imine (C=N–C) groups is 1. The molecule has 0 saturated carbocycles. The highest BCUT2D eigenvalue weighted by Gasteiger charge is 2.36. The van der Waals surface area contributed by atoms with Crippen LogP contribution in [0.15, 0.2) is 29.4 Å². The predicted molar refractivity (Wildman–Crippen MR) is 129 cm³/mol. The highest BCUT2D eigenvalue weighted by atomic mass is 127. The van der Waals surface area contributed by atoms with Gasteiger partial charge in [-0.1, -0.05) is 18.0 Å². The van der Waals surface area contributed by atoms with Gasteiger partial charge in [0.05, 0.1) is 0 Å². The summed E-state index contributed by atoms with van der Waals surface area (Å²) in [6, 6.07) is 7.97. The lowest BCUT2D eigenvalue weighted by atomic mass is 9.82. The van der Waals surface area contributed by atoms with Crippen molar-refractivity contribution in [2.75, 3.05) is 20.6 Å². The quantitative estimate of drug-likeness (QED) is 0.326. The summed E-state index contributed by atoms with van der Waals surface area (Å²) in [6.07, 6.45) is 9.49. The highest BCUT2D eigenvalue weighted by Crippen LogP contribution is 2.32. The second-order valence-corrected chi connectivity index (χ2v) is 8.41. The SMILES string of the molecule is CN=C(NCCc1c[nH]c2ccc(Cl)cc12)NC1CC2CCCC(C1)N2C.I. The second-order valence-electron chi connectivity index (χ2n) is 7.97. The van der Waals surface area contributed by atoms with Crippen LogP contribution in [-0.4, -0.2) is 54.6 Å². The molecular weight excluding hydrogens is 485 g/mol. The third kappa shape index (κ3) is 4.76. The summed E-state index contributed by atoms with van der Waals surface area (Å²) in [4.78, 5) is 10.4. The normalized spacial score (nSPS) is 25.4. The molecule has 2 aliphatic rings. The maximum Gasteiger partial charge on any atom is 0.191 e. The van der Waals surface area contributed by atoms with E-state index in [0.717, 1.165) is 41.5 Å². The lowest BCUT2D eigenvalue weighted by Crippen LogP contribution is -2.56. The number of aromatic nitrogens is 1. The number of benzene rings is 1. The molecule has 7 heteroatoms. The minimum absolute atomic E-state index is 0. The van der Waals surface area contributed by atoms with Crippen LogP contribution in [0.2, 0.25) is 5.02 Å². The topological polar surface area (TPSA) is 55.5 Å². The molecule has 154 valence electrons. The molecule has 0 radical (unpaired) electrons. The van der Waals surface area contributed by atoms with Gasteiger partial charge >= 0.3 is 0 Å². The Morgan fingerprint density at radius 3 is 2.75 bits per heavy atom. The molecule has 0 spiro atoms. The third-order valence-corrected chi connectivity index (χ3v) is 6.56. The maximum atomic E-state index is 6.15. The lowest BCUT2D eigenvalue weighted by molar-refractivity contribution is 0.0526. The Morgan fingerprint density at radius 2 is 2.04 bits per heavy atom. The van der Waals surface area contributed by atoms with Gasteiger partial charge in [-0.25, -0.2) is 0 Å². The first-order valence-electron chi connectivity index (χ1n) is 10.1. The monoisotopic (exact) mass is 515 g/mol. The molecule has 1 aromatic carbocycles. The van der Waals surface area contributed by atoms with Crippen molar-refractivity contribution in [3.63, 3.8) is 0 Å². The van der Waals surface area contributed by atoms with Crippen LogP contribution >= 0.6 is 35.6 Å². The Hall–Kier alpha value is -0.990. The maximum absolute atomic E-state index is 6.15. The Kier molecular flexibility index (Phi) is 7.50. The van der Waals surface area contributed by atoms with Gasteiger partial charge in [0.15, 0.2) is 5.96 Å². The summed E-state index contributed by atoms with van der Waals surface area (Å²) in [5.74, 6) is 0.917. The molecule has 5 nitrogen and oxygen atoms in total. The third-order valence-electron chi connectivity index (χ3n) is 6.32. The van der Waals surface area contributed by atoms with Gasteiger partial charge < -0.3 is 20.5 Å². The number of fused-ring (bicyclic) bond motifs is 3. The fourth-order valence-electron chi connectivity index (χ4n) is 4.79. The van der Waals surface area contributed by atoms with Crippen molar-refractivity contribution in [3.8, 4) is 0 Å². The zero-order valence-corrected chi connectivity index (χ0v) is 19.8. The largest absolute Gasteiger partial charge is 0.361 e. The first kappa shape index (κ1) is 21.7. The average molecular weight is 516 g/mol. The molecule has 2 bridgehead atoms. The number of piperidine rings is 2. The van der Waals surface area contributed by atoms with E-state index in [2.05, 4.69) is 38.8 Å². The number of nitrogens with one attached hydrogen (secondary N) is 3. The Labute approximate surface area is 189 Å². The first-order chi connectivity index (χ1) is 13.1. The van der Waals surface area contributed by atoms with E-state index in [9.17, 15) is 0 Å². The van der Waals surface area contributed by atoms with E-state index >= 15 is 0 Å². The van der Waals surface area contributed by atoms with E-state index in [1.165, 1.54) is 43.1 Å². The molecule has 2 atom stereocenters. The summed E-state index contributed by atoms with van der Waals surface area (Å²) in [6.45, 7) is 0.846. The summed E-state index contributed by atoms with van der Waals surface area (Å²) >= 11 is 6.15. The number of nitrogens with zero attached hydrogens (tertiary/aromatic N) is 2. The molecule has 2 aliphatic heterocycles. The van der Waals surface area contributed by atoms with Crippen LogP contribution in [0.1, 0.15) is 37.7 Å². The molecule has 2 fully saturated rings. The van der Waals surface area contributed by atoms with Gasteiger partial charge in [-0.3, -0.25) is 4.99 Å². The number of rotatable bonds is 4. The molecule has 2 aromatic rings. The number of hydrogen-bond donors (Lipinski definition) is 3. The van der Waals surface area contributed by atoms with E-state index < -0.39 is 0 Å². The van der Waals surface area contributed by atoms with Crippen molar-refractivity contribution in [2.24, 2.45) is 4.99 Å². The highest BCUT2D eigenvalue weighted by molar-refractivity contribution is 14.0. The summed E-state index contributed by atoms with van der Waals surface area (Å²) in [7, 11) is 4.15. The summed E-state index contributed by atoms with van der Waals surface area (Å²) in [5, 5.41) is 9.14. The minimum Gasteiger partial charge on any atom is -0.361 e. The van der Waals surface area contributed by atoms with Gasteiger partial charge in [0.1, 0.15) is 0 Å². The molecule has 28 heavy (non-hydrogen) atoms. The second kappa shape index (κ2) is 9.67. The number of guanidine groups is 1. The van der Waals surface area contributed by atoms with Crippen molar-refractivity contribution >= 4 is 52.4 Å². The molecule has 2 saturated heterocycles. The van der Waals surface area contributed by atoms with E-state index in [-0.39, 0.29) is 24.0 Å². The van der Waals surface area contributed by atoms with Crippen molar-refractivity contribution in [1.29, 1.82) is 0 Å². The standard InChI is InChI=1S/C21H30ClN5.HI/c1-23-21(26-16-11-17-4-3-5-18(12-16)27(17)2)24-9-8-14-13-25-20-7-6-15(22)10-19(14)20;/h6-7,10,13,16-18,25H,3-5,8-9,11-12H2,1-2H3,(H2,23,24,26);1H. The molecular formula is C21H31ClIN5. The van der Waals surface area contributed by atoms with Crippen molar-refractivity contribution < 1.29 is 0 Å². The summed E-state index contributed by atoms with van der Waals surface area (Å²) in [5.41, 5.74) is 2.42. The first-order valence-corrected chi connectivity index (χ1v) is 10.5. The summed E-state index contributed by atoms with van der Waals surface area (Å²) < 4.78 is 0. The van der Waals surface area contributed by atoms with Crippen LogP contribution in [0.25, 0.3) is 10.9 Å². The molecule has 4 rings (SSSR count). The van der Waals surface area contributed by atoms with E-state index in [1.54, 1.807) is 0 Å². The van der Waals surface area contributed by atoms with Crippen LogP contribution in [0.3, 0.4) is 0 Å². The molecule has 1 aromatic heterocycles. The molecule has 3 heterocycles.